The number of nitrogens with one attached hydrogen (secondary N) is 1. The van der Waals surface area contributed by atoms with Crippen molar-refractivity contribution in [1.82, 2.24) is 5.48 Å². The van der Waals surface area contributed by atoms with Crippen LogP contribution in [0.25, 0.3) is 0 Å². The minimum atomic E-state index is -0.351. The van der Waals surface area contributed by atoms with Gasteiger partial charge in [0.1, 0.15) is 6.10 Å². The number of hydroxylamine groups is 1. The maximum atomic E-state index is 11.2. The molecule has 84 valence electrons. The van der Waals surface area contributed by atoms with E-state index in [1.807, 2.05) is 6.92 Å². The Hall–Kier alpha value is -0.410. The van der Waals surface area contributed by atoms with Crippen molar-refractivity contribution < 1.29 is 9.63 Å². The van der Waals surface area contributed by atoms with Crippen molar-refractivity contribution in [2.45, 2.75) is 65.5 Å². The average Bonchev–Trinajstić information content (AvgIpc) is 2.13. The molecule has 1 N–H and O–H groups in total. The van der Waals surface area contributed by atoms with Crippen LogP contribution in [0.15, 0.2) is 0 Å². The van der Waals surface area contributed by atoms with E-state index in [2.05, 4.69) is 26.3 Å². The molecule has 0 heterocycles. The molecule has 0 aromatic heterocycles. The van der Waals surface area contributed by atoms with Crippen molar-refractivity contribution in [1.29, 1.82) is 0 Å². The molecule has 3 nitrogen and oxygen atoms in total. The predicted octanol–water partition coefficient (Wildman–Crippen LogP) is 2.45. The van der Waals surface area contributed by atoms with Crippen LogP contribution in [0.1, 0.15) is 53.9 Å². The van der Waals surface area contributed by atoms with Crippen LogP contribution in [0.5, 0.6) is 0 Å². The lowest BCUT2D eigenvalue weighted by Crippen LogP contribution is -2.42. The first kappa shape index (κ1) is 13.6. The summed E-state index contributed by atoms with van der Waals surface area (Å²) in [5.41, 5.74) is 2.90. The summed E-state index contributed by atoms with van der Waals surface area (Å²) >= 11 is 0. The van der Waals surface area contributed by atoms with Gasteiger partial charge in [-0.05, 0) is 27.2 Å². The summed E-state index contributed by atoms with van der Waals surface area (Å²) in [6.07, 6.45) is 2.30. The zero-order valence-electron chi connectivity index (χ0n) is 10.0. The quantitative estimate of drug-likeness (QED) is 0.643. The second kappa shape index (κ2) is 6.14. The summed E-state index contributed by atoms with van der Waals surface area (Å²) < 4.78 is 0. The number of hydrogen-bond acceptors (Lipinski definition) is 3. The first-order valence-corrected chi connectivity index (χ1v) is 5.38. The van der Waals surface area contributed by atoms with E-state index >= 15 is 0 Å². The van der Waals surface area contributed by atoms with Crippen LogP contribution in [0.4, 0.5) is 0 Å². The number of carbonyl (C=O) groups is 1. The van der Waals surface area contributed by atoms with Crippen LogP contribution >= 0.6 is 0 Å². The molecular weight excluding hydrogens is 178 g/mol. The second-order valence-corrected chi connectivity index (χ2v) is 4.32. The highest BCUT2D eigenvalue weighted by Crippen LogP contribution is 2.11. The molecule has 0 fully saturated rings. The highest BCUT2D eigenvalue weighted by Gasteiger charge is 2.19. The van der Waals surface area contributed by atoms with E-state index in [9.17, 15) is 4.79 Å². The zero-order valence-corrected chi connectivity index (χ0v) is 10.0. The zero-order chi connectivity index (χ0) is 11.2. The molecule has 0 rings (SSSR count). The lowest BCUT2D eigenvalue weighted by molar-refractivity contribution is -0.138. The fraction of sp³-hybridized carbons (Fsp3) is 0.909. The predicted molar refractivity (Wildman–Crippen MR) is 58.0 cm³/mol. The topological polar surface area (TPSA) is 38.3 Å². The summed E-state index contributed by atoms with van der Waals surface area (Å²) in [5, 5.41) is 0. The summed E-state index contributed by atoms with van der Waals surface area (Å²) in [5.74, 6) is 0.129. The highest BCUT2D eigenvalue weighted by atomic mass is 16.7. The molecule has 0 aromatic rings. The van der Waals surface area contributed by atoms with Crippen LogP contribution in [-0.2, 0) is 9.63 Å². The number of hydrogen-bond donors (Lipinski definition) is 1. The smallest absolute Gasteiger partial charge is 0.163 e. The lowest BCUT2D eigenvalue weighted by Gasteiger charge is -2.26. The maximum Gasteiger partial charge on any atom is 0.163 e. The van der Waals surface area contributed by atoms with Crippen molar-refractivity contribution in [3.05, 3.63) is 0 Å². The van der Waals surface area contributed by atoms with E-state index in [4.69, 9.17) is 4.84 Å². The third-order valence-corrected chi connectivity index (χ3v) is 2.19. The Morgan fingerprint density at radius 2 is 2.00 bits per heavy atom. The van der Waals surface area contributed by atoms with Gasteiger partial charge in [0, 0.05) is 12.0 Å². The minimum Gasteiger partial charge on any atom is -0.297 e. The number of carbonyl (C=O) groups excluding carboxylic acids is 1. The molecule has 0 aliphatic rings. The van der Waals surface area contributed by atoms with Crippen LogP contribution in [0.3, 0.4) is 0 Å². The molecular formula is C11H23NO2. The molecule has 0 aromatic carbocycles. The van der Waals surface area contributed by atoms with Crippen molar-refractivity contribution in [3.8, 4) is 0 Å². The summed E-state index contributed by atoms with van der Waals surface area (Å²) in [4.78, 5) is 16.5. The Labute approximate surface area is 87.2 Å². The fourth-order valence-electron chi connectivity index (χ4n) is 1.28. The van der Waals surface area contributed by atoms with Gasteiger partial charge in [-0.1, -0.05) is 20.3 Å². The second-order valence-electron chi connectivity index (χ2n) is 4.32. The molecule has 14 heavy (non-hydrogen) atoms. The Bertz CT molecular complexity index is 178. The summed E-state index contributed by atoms with van der Waals surface area (Å²) in [6, 6.07) is 0. The first-order valence-electron chi connectivity index (χ1n) is 5.38. The van der Waals surface area contributed by atoms with Crippen LogP contribution < -0.4 is 5.48 Å². The SMILES string of the molecule is CCCC(C)(C)NOC(C)C(=O)CC. The molecule has 0 spiro atoms. The first-order chi connectivity index (χ1) is 6.43. The van der Waals surface area contributed by atoms with Gasteiger partial charge in [0.05, 0.1) is 0 Å². The monoisotopic (exact) mass is 201 g/mol. The van der Waals surface area contributed by atoms with Gasteiger partial charge in [-0.25, -0.2) is 0 Å². The van der Waals surface area contributed by atoms with Crippen LogP contribution in [0.2, 0.25) is 0 Å². The van der Waals surface area contributed by atoms with Gasteiger partial charge < -0.3 is 0 Å². The number of Topliss-reactive ketones (excluding diaryl/α,β-unsaturated/α-hetero) is 1. The molecule has 0 amide bonds. The molecule has 0 aliphatic heterocycles. The number of rotatable bonds is 7. The molecule has 0 aliphatic carbocycles. The molecule has 1 atom stereocenters. The van der Waals surface area contributed by atoms with Gasteiger partial charge in [0.25, 0.3) is 0 Å². The van der Waals surface area contributed by atoms with Gasteiger partial charge in [-0.3, -0.25) is 9.63 Å². The van der Waals surface area contributed by atoms with E-state index in [1.54, 1.807) is 6.92 Å². The van der Waals surface area contributed by atoms with E-state index in [0.29, 0.717) is 6.42 Å². The van der Waals surface area contributed by atoms with Crippen molar-refractivity contribution in [2.75, 3.05) is 0 Å². The highest BCUT2D eigenvalue weighted by molar-refractivity contribution is 5.82. The van der Waals surface area contributed by atoms with Gasteiger partial charge in [-0.15, -0.1) is 0 Å². The maximum absolute atomic E-state index is 11.2. The molecule has 0 saturated heterocycles. The molecule has 3 heteroatoms. The fourth-order valence-corrected chi connectivity index (χ4v) is 1.28. The average molecular weight is 201 g/mol. The van der Waals surface area contributed by atoms with Crippen molar-refractivity contribution in [3.63, 3.8) is 0 Å². The van der Waals surface area contributed by atoms with E-state index in [0.717, 1.165) is 12.8 Å². The summed E-state index contributed by atoms with van der Waals surface area (Å²) in [7, 11) is 0. The largest absolute Gasteiger partial charge is 0.297 e. The van der Waals surface area contributed by atoms with E-state index in [-0.39, 0.29) is 17.4 Å². The molecule has 0 saturated carbocycles. The van der Waals surface area contributed by atoms with E-state index in [1.165, 1.54) is 0 Å². The van der Waals surface area contributed by atoms with Crippen molar-refractivity contribution >= 4 is 5.78 Å². The molecule has 1 unspecified atom stereocenters. The molecule has 0 bridgehead atoms. The van der Waals surface area contributed by atoms with Crippen LogP contribution in [-0.4, -0.2) is 17.4 Å². The van der Waals surface area contributed by atoms with Crippen LogP contribution in [0, 0.1) is 0 Å². The Morgan fingerprint density at radius 3 is 2.43 bits per heavy atom. The van der Waals surface area contributed by atoms with E-state index < -0.39 is 0 Å². The van der Waals surface area contributed by atoms with Gasteiger partial charge in [-0.2, -0.15) is 5.48 Å². The standard InChI is InChI=1S/C11H23NO2/c1-6-8-11(4,5)12-14-9(3)10(13)7-2/h9,12H,6-8H2,1-5H3. The van der Waals surface area contributed by atoms with Gasteiger partial charge >= 0.3 is 0 Å². The van der Waals surface area contributed by atoms with Crippen molar-refractivity contribution in [2.24, 2.45) is 0 Å². The molecule has 0 radical (unpaired) electrons. The minimum absolute atomic E-state index is 0.0585. The van der Waals surface area contributed by atoms with Gasteiger partial charge in [0.15, 0.2) is 5.78 Å². The lowest BCUT2D eigenvalue weighted by atomic mass is 10.0. The Kier molecular flexibility index (Phi) is 5.96. The summed E-state index contributed by atoms with van der Waals surface area (Å²) in [6.45, 7) is 9.89. The third kappa shape index (κ3) is 5.35. The van der Waals surface area contributed by atoms with Gasteiger partial charge in [0.2, 0.25) is 0 Å². The Balaban J connectivity index is 3.86. The normalized spacial score (nSPS) is 14.1. The number of ketones is 1. The third-order valence-electron chi connectivity index (χ3n) is 2.19. The Morgan fingerprint density at radius 1 is 1.43 bits per heavy atom.